The number of rotatable bonds is 2. The van der Waals surface area contributed by atoms with Crippen LogP contribution >= 0.6 is 12.2 Å². The summed E-state index contributed by atoms with van der Waals surface area (Å²) in [5.74, 6) is 0. The van der Waals surface area contributed by atoms with Gasteiger partial charge in [0, 0.05) is 17.5 Å². The zero-order valence-electron chi connectivity index (χ0n) is 8.11. The maximum Gasteiger partial charge on any atom is 0.184 e. The van der Waals surface area contributed by atoms with Gasteiger partial charge in [-0.3, -0.25) is 10.4 Å². The van der Waals surface area contributed by atoms with Crippen molar-refractivity contribution >= 4 is 23.0 Å². The third-order valence-corrected chi connectivity index (χ3v) is 1.75. The Morgan fingerprint density at radius 3 is 2.79 bits per heavy atom. The molecule has 0 spiro atoms. The van der Waals surface area contributed by atoms with E-state index in [4.69, 9.17) is 5.73 Å². The molecular formula is C9H12N4S. The topological polar surface area (TPSA) is 63.3 Å². The Morgan fingerprint density at radius 2 is 2.29 bits per heavy atom. The number of hydrogen-bond acceptors (Lipinski definition) is 3. The van der Waals surface area contributed by atoms with Gasteiger partial charge in [0.1, 0.15) is 0 Å². The zero-order chi connectivity index (χ0) is 10.6. The highest BCUT2D eigenvalue weighted by Crippen LogP contribution is 2.00. The van der Waals surface area contributed by atoms with Crippen molar-refractivity contribution in [3.05, 3.63) is 29.6 Å². The summed E-state index contributed by atoms with van der Waals surface area (Å²) in [6.45, 7) is 3.79. The van der Waals surface area contributed by atoms with E-state index in [-0.39, 0.29) is 5.11 Å². The van der Waals surface area contributed by atoms with Crippen molar-refractivity contribution in [2.24, 2.45) is 10.8 Å². The largest absolute Gasteiger partial charge is 0.375 e. The van der Waals surface area contributed by atoms with Gasteiger partial charge in [-0.2, -0.15) is 5.10 Å². The number of nitrogens with zero attached hydrogens (tertiary/aromatic N) is 2. The Kier molecular flexibility index (Phi) is 3.53. The van der Waals surface area contributed by atoms with E-state index < -0.39 is 0 Å². The van der Waals surface area contributed by atoms with E-state index in [1.165, 1.54) is 0 Å². The Balaban J connectivity index is 2.78. The predicted molar refractivity (Wildman–Crippen MR) is 61.1 cm³/mol. The van der Waals surface area contributed by atoms with Crippen LogP contribution in [0.5, 0.6) is 0 Å². The summed E-state index contributed by atoms with van der Waals surface area (Å²) >= 11 is 4.63. The van der Waals surface area contributed by atoms with Crippen LogP contribution in [-0.4, -0.2) is 15.8 Å². The van der Waals surface area contributed by atoms with Gasteiger partial charge in [0.15, 0.2) is 5.11 Å². The number of thiocarbonyl (C=S) groups is 1. The minimum Gasteiger partial charge on any atom is -0.375 e. The number of nitrogens with one attached hydrogen (secondary N) is 1. The minimum atomic E-state index is 0.157. The highest BCUT2D eigenvalue weighted by molar-refractivity contribution is 7.80. The molecule has 0 bridgehead atoms. The molecule has 1 rings (SSSR count). The summed E-state index contributed by atoms with van der Waals surface area (Å²) in [6, 6.07) is 3.87. The summed E-state index contributed by atoms with van der Waals surface area (Å²) in [5.41, 5.74) is 10.5. The number of aromatic nitrogens is 1. The van der Waals surface area contributed by atoms with Gasteiger partial charge in [-0.1, -0.05) is 0 Å². The molecule has 0 aliphatic carbocycles. The number of nitrogens with two attached hydrogens (primary N) is 1. The molecule has 0 aromatic carbocycles. The van der Waals surface area contributed by atoms with E-state index in [1.807, 2.05) is 26.0 Å². The molecule has 4 nitrogen and oxygen atoms in total. The first kappa shape index (κ1) is 10.6. The van der Waals surface area contributed by atoms with Gasteiger partial charge >= 0.3 is 0 Å². The minimum absolute atomic E-state index is 0.157. The van der Waals surface area contributed by atoms with E-state index >= 15 is 0 Å². The molecule has 5 heteroatoms. The van der Waals surface area contributed by atoms with Gasteiger partial charge in [0.05, 0.1) is 5.71 Å². The Labute approximate surface area is 88.2 Å². The fourth-order valence-electron chi connectivity index (χ4n) is 0.885. The summed E-state index contributed by atoms with van der Waals surface area (Å²) in [6.07, 6.45) is 1.76. The van der Waals surface area contributed by atoms with E-state index in [0.29, 0.717) is 0 Å². The second-order valence-electron chi connectivity index (χ2n) is 2.86. The molecule has 0 aliphatic rings. The lowest BCUT2D eigenvalue weighted by atomic mass is 10.2. The summed E-state index contributed by atoms with van der Waals surface area (Å²) in [4.78, 5) is 4.15. The van der Waals surface area contributed by atoms with Gasteiger partial charge < -0.3 is 5.73 Å². The Hall–Kier alpha value is -1.49. The van der Waals surface area contributed by atoms with Crippen LogP contribution in [0.25, 0.3) is 0 Å². The maximum absolute atomic E-state index is 5.24. The molecule has 0 fully saturated rings. The second-order valence-corrected chi connectivity index (χ2v) is 3.30. The van der Waals surface area contributed by atoms with Crippen LogP contribution in [0.2, 0.25) is 0 Å². The summed E-state index contributed by atoms with van der Waals surface area (Å²) in [5, 5.41) is 4.14. The molecular weight excluding hydrogens is 196 g/mol. The highest BCUT2D eigenvalue weighted by Gasteiger charge is 1.97. The smallest absolute Gasteiger partial charge is 0.184 e. The molecule has 1 aromatic rings. The molecule has 0 amide bonds. The molecule has 3 N–H and O–H groups in total. The Bertz CT molecular complexity index is 356. The molecule has 0 saturated carbocycles. The predicted octanol–water partition coefficient (Wildman–Crippen LogP) is 0.947. The van der Waals surface area contributed by atoms with Gasteiger partial charge in [0.25, 0.3) is 0 Å². The van der Waals surface area contributed by atoms with Crippen LogP contribution in [0.3, 0.4) is 0 Å². The van der Waals surface area contributed by atoms with Crippen LogP contribution in [0.4, 0.5) is 0 Å². The second kappa shape index (κ2) is 4.66. The van der Waals surface area contributed by atoms with Gasteiger partial charge in [-0.15, -0.1) is 0 Å². The van der Waals surface area contributed by atoms with Gasteiger partial charge in [-0.25, -0.2) is 0 Å². The summed E-state index contributed by atoms with van der Waals surface area (Å²) in [7, 11) is 0. The van der Waals surface area contributed by atoms with E-state index in [0.717, 1.165) is 17.0 Å². The first-order valence-electron chi connectivity index (χ1n) is 4.12. The van der Waals surface area contributed by atoms with Crippen LogP contribution in [0, 0.1) is 6.92 Å². The fraction of sp³-hybridized carbons (Fsp3) is 0.222. The third-order valence-electron chi connectivity index (χ3n) is 1.66. The monoisotopic (exact) mass is 208 g/mol. The molecule has 74 valence electrons. The van der Waals surface area contributed by atoms with Crippen molar-refractivity contribution in [3.8, 4) is 0 Å². The van der Waals surface area contributed by atoms with E-state index in [1.54, 1.807) is 6.20 Å². The molecule has 14 heavy (non-hydrogen) atoms. The summed E-state index contributed by atoms with van der Waals surface area (Å²) < 4.78 is 0. The molecule has 0 radical (unpaired) electrons. The number of pyridine rings is 1. The molecule has 0 atom stereocenters. The first-order valence-corrected chi connectivity index (χ1v) is 4.53. The molecule has 0 saturated heterocycles. The lowest BCUT2D eigenvalue weighted by molar-refractivity contribution is 1.03. The third kappa shape index (κ3) is 3.10. The highest BCUT2D eigenvalue weighted by atomic mass is 32.1. The zero-order valence-corrected chi connectivity index (χ0v) is 8.93. The number of hydrazone groups is 1. The van der Waals surface area contributed by atoms with Crippen molar-refractivity contribution < 1.29 is 0 Å². The van der Waals surface area contributed by atoms with Crippen molar-refractivity contribution in [1.82, 2.24) is 10.4 Å². The van der Waals surface area contributed by atoms with E-state index in [9.17, 15) is 0 Å². The van der Waals surface area contributed by atoms with Crippen LogP contribution in [0.15, 0.2) is 23.4 Å². The van der Waals surface area contributed by atoms with Crippen molar-refractivity contribution in [2.45, 2.75) is 13.8 Å². The van der Waals surface area contributed by atoms with Gasteiger partial charge in [0.2, 0.25) is 0 Å². The molecule has 0 aliphatic heterocycles. The fourth-order valence-corrected chi connectivity index (χ4v) is 0.931. The molecule has 1 aromatic heterocycles. The van der Waals surface area contributed by atoms with Crippen LogP contribution in [0.1, 0.15) is 18.2 Å². The Morgan fingerprint density at radius 1 is 1.57 bits per heavy atom. The number of hydrogen-bond donors (Lipinski definition) is 2. The van der Waals surface area contributed by atoms with Crippen molar-refractivity contribution in [2.75, 3.05) is 0 Å². The molecule has 1 heterocycles. The number of aryl methyl sites for hydroxylation is 1. The average Bonchev–Trinajstić information content (AvgIpc) is 2.15. The lowest BCUT2D eigenvalue weighted by Crippen LogP contribution is -2.25. The van der Waals surface area contributed by atoms with Crippen molar-refractivity contribution in [3.63, 3.8) is 0 Å². The first-order chi connectivity index (χ1) is 6.59. The molecule has 0 unspecified atom stereocenters. The lowest BCUT2D eigenvalue weighted by Gasteiger charge is -2.01. The van der Waals surface area contributed by atoms with Crippen LogP contribution < -0.4 is 11.2 Å². The quantitative estimate of drug-likeness (QED) is 0.431. The average molecular weight is 208 g/mol. The van der Waals surface area contributed by atoms with E-state index in [2.05, 4.69) is 27.7 Å². The normalized spacial score (nSPS) is 11.1. The maximum atomic E-state index is 5.24. The van der Waals surface area contributed by atoms with Crippen LogP contribution in [-0.2, 0) is 0 Å². The van der Waals surface area contributed by atoms with Crippen molar-refractivity contribution in [1.29, 1.82) is 0 Å². The SMILES string of the molecule is C/C(=N\NC(N)=S)c1ccc(C)nc1. The van der Waals surface area contributed by atoms with Gasteiger partial charge in [-0.05, 0) is 38.2 Å². The standard InChI is InChI=1S/C9H12N4S/c1-6-3-4-8(5-11-6)7(2)12-13-9(10)14/h3-5H,1-2H3,(H3,10,13,14)/b12-7+.